The first-order chi connectivity index (χ1) is 8.92. The molecule has 0 aromatic carbocycles. The lowest BCUT2D eigenvalue weighted by Crippen LogP contribution is -2.27. The second-order valence-electron chi connectivity index (χ2n) is 4.35. The van der Waals surface area contributed by atoms with Crippen LogP contribution in [0, 0.1) is 13.8 Å². The van der Waals surface area contributed by atoms with Gasteiger partial charge in [-0.1, -0.05) is 0 Å². The number of H-pyrrole nitrogens is 1. The quantitative estimate of drug-likeness (QED) is 0.824. The van der Waals surface area contributed by atoms with Gasteiger partial charge in [0.15, 0.2) is 0 Å². The average Bonchev–Trinajstić information content (AvgIpc) is 2.88. The Morgan fingerprint density at radius 2 is 2.16 bits per heavy atom. The summed E-state index contributed by atoms with van der Waals surface area (Å²) in [6.45, 7) is 3.75. The van der Waals surface area contributed by atoms with E-state index in [1.54, 1.807) is 38.1 Å². The number of rotatable bonds is 5. The molecule has 0 saturated carbocycles. The number of sulfonamides is 1. The second kappa shape index (κ2) is 5.14. The van der Waals surface area contributed by atoms with Crippen molar-refractivity contribution in [2.75, 3.05) is 6.54 Å². The molecule has 0 radical (unpaired) electrons. The zero-order chi connectivity index (χ0) is 14.0. The highest BCUT2D eigenvalue weighted by molar-refractivity contribution is 7.89. The summed E-state index contributed by atoms with van der Waals surface area (Å²) in [7, 11) is -1.79. The van der Waals surface area contributed by atoms with Gasteiger partial charge in [0.05, 0.1) is 17.7 Å². The van der Waals surface area contributed by atoms with Crippen molar-refractivity contribution in [1.82, 2.24) is 24.5 Å². The fraction of sp³-hybridized carbons (Fsp3) is 0.455. The molecule has 2 N–H and O–H groups in total. The van der Waals surface area contributed by atoms with Crippen LogP contribution in [0.1, 0.15) is 17.1 Å². The Bertz CT molecular complexity index is 658. The van der Waals surface area contributed by atoms with Crippen LogP contribution in [0.4, 0.5) is 0 Å². The van der Waals surface area contributed by atoms with Crippen LogP contribution < -0.4 is 4.72 Å². The van der Waals surface area contributed by atoms with Gasteiger partial charge < -0.3 is 4.98 Å². The van der Waals surface area contributed by atoms with E-state index in [1.165, 1.54) is 0 Å². The van der Waals surface area contributed by atoms with Crippen LogP contribution in [-0.4, -0.2) is 34.7 Å². The molecular formula is C11H17N5O2S. The Balaban J connectivity index is 2.10. The van der Waals surface area contributed by atoms with Crippen LogP contribution >= 0.6 is 0 Å². The normalized spacial score (nSPS) is 11.9. The van der Waals surface area contributed by atoms with Gasteiger partial charge in [-0.3, -0.25) is 4.68 Å². The summed E-state index contributed by atoms with van der Waals surface area (Å²) in [5.74, 6) is 0. The van der Waals surface area contributed by atoms with Crippen molar-refractivity contribution in [2.24, 2.45) is 7.05 Å². The van der Waals surface area contributed by atoms with E-state index in [9.17, 15) is 8.42 Å². The molecule has 0 amide bonds. The van der Waals surface area contributed by atoms with Crippen LogP contribution in [0.3, 0.4) is 0 Å². The first-order valence-electron chi connectivity index (χ1n) is 5.89. The largest absolute Gasteiger partial charge is 0.348 e. The maximum Gasteiger partial charge on any atom is 0.244 e. The topological polar surface area (TPSA) is 92.7 Å². The van der Waals surface area contributed by atoms with E-state index in [1.807, 2.05) is 0 Å². The monoisotopic (exact) mass is 283 g/mol. The summed E-state index contributed by atoms with van der Waals surface area (Å²) in [4.78, 5) is 7.07. The van der Waals surface area contributed by atoms with Gasteiger partial charge in [-0.15, -0.1) is 0 Å². The predicted molar refractivity (Wildman–Crippen MR) is 70.2 cm³/mol. The second-order valence-corrected chi connectivity index (χ2v) is 6.05. The number of nitrogens with one attached hydrogen (secondary N) is 2. The van der Waals surface area contributed by atoms with Crippen molar-refractivity contribution < 1.29 is 8.42 Å². The van der Waals surface area contributed by atoms with Gasteiger partial charge >= 0.3 is 0 Å². The van der Waals surface area contributed by atoms with Gasteiger partial charge in [-0.2, -0.15) is 5.10 Å². The molecule has 2 rings (SSSR count). The summed E-state index contributed by atoms with van der Waals surface area (Å²) in [5, 5.41) is 4.12. The highest BCUT2D eigenvalue weighted by Gasteiger charge is 2.23. The van der Waals surface area contributed by atoms with Crippen LogP contribution in [0.25, 0.3) is 0 Å². The third kappa shape index (κ3) is 2.85. The lowest BCUT2D eigenvalue weighted by Gasteiger charge is -2.06. The molecule has 2 heterocycles. The molecule has 0 saturated heterocycles. The molecule has 2 aromatic rings. The van der Waals surface area contributed by atoms with Crippen LogP contribution in [0.5, 0.6) is 0 Å². The van der Waals surface area contributed by atoms with Gasteiger partial charge in [-0.25, -0.2) is 18.1 Å². The van der Waals surface area contributed by atoms with Crippen molar-refractivity contribution in [2.45, 2.75) is 25.2 Å². The Hall–Kier alpha value is -1.67. The summed E-state index contributed by atoms with van der Waals surface area (Å²) in [6, 6.07) is 0. The van der Waals surface area contributed by atoms with Crippen LogP contribution in [0.2, 0.25) is 0 Å². The molecule has 19 heavy (non-hydrogen) atoms. The maximum atomic E-state index is 12.2. The molecule has 7 nitrogen and oxygen atoms in total. The zero-order valence-corrected chi connectivity index (χ0v) is 12.0. The molecule has 0 aliphatic rings. The first kappa shape index (κ1) is 13.8. The van der Waals surface area contributed by atoms with E-state index in [2.05, 4.69) is 19.8 Å². The minimum atomic E-state index is -3.52. The van der Waals surface area contributed by atoms with Crippen molar-refractivity contribution in [3.63, 3.8) is 0 Å². The van der Waals surface area contributed by atoms with Crippen LogP contribution in [0.15, 0.2) is 17.4 Å². The number of aryl methyl sites for hydroxylation is 2. The van der Waals surface area contributed by atoms with Gasteiger partial charge in [0.2, 0.25) is 10.0 Å². The van der Waals surface area contributed by atoms with Crippen molar-refractivity contribution >= 4 is 10.0 Å². The minimum Gasteiger partial charge on any atom is -0.348 e. The summed E-state index contributed by atoms with van der Waals surface area (Å²) in [5.41, 5.74) is 2.03. The Kier molecular flexibility index (Phi) is 3.72. The Labute approximate surface area is 112 Å². The van der Waals surface area contributed by atoms with Crippen molar-refractivity contribution in [3.05, 3.63) is 29.6 Å². The zero-order valence-electron chi connectivity index (χ0n) is 11.1. The summed E-state index contributed by atoms with van der Waals surface area (Å²) < 4.78 is 28.6. The molecular weight excluding hydrogens is 266 g/mol. The maximum absolute atomic E-state index is 12.2. The van der Waals surface area contributed by atoms with Gasteiger partial charge in [0.25, 0.3) is 0 Å². The van der Waals surface area contributed by atoms with Gasteiger partial charge in [0, 0.05) is 31.9 Å². The number of imidazole rings is 1. The minimum absolute atomic E-state index is 0.264. The number of nitrogens with zero attached hydrogens (tertiary/aromatic N) is 3. The number of hydrogen-bond acceptors (Lipinski definition) is 4. The average molecular weight is 283 g/mol. The smallest absolute Gasteiger partial charge is 0.244 e. The first-order valence-corrected chi connectivity index (χ1v) is 7.37. The SMILES string of the molecule is Cc1nn(C)c(C)c1S(=O)(=O)NCCc1cnc[nH]1. The van der Waals surface area contributed by atoms with Gasteiger partial charge in [-0.05, 0) is 13.8 Å². The van der Waals surface area contributed by atoms with E-state index in [0.717, 1.165) is 5.69 Å². The lowest BCUT2D eigenvalue weighted by atomic mass is 10.3. The number of aromatic nitrogens is 4. The van der Waals surface area contributed by atoms with Crippen molar-refractivity contribution in [1.29, 1.82) is 0 Å². The molecule has 0 aliphatic carbocycles. The predicted octanol–water partition coefficient (Wildman–Crippen LogP) is 0.281. The Morgan fingerprint density at radius 1 is 1.42 bits per heavy atom. The molecule has 0 bridgehead atoms. The fourth-order valence-corrected chi connectivity index (χ4v) is 3.42. The molecule has 0 atom stereocenters. The molecule has 2 aromatic heterocycles. The third-order valence-electron chi connectivity index (χ3n) is 2.95. The lowest BCUT2D eigenvalue weighted by molar-refractivity contribution is 0.579. The third-order valence-corrected chi connectivity index (χ3v) is 4.67. The molecule has 0 aliphatic heterocycles. The molecule has 0 spiro atoms. The highest BCUT2D eigenvalue weighted by atomic mass is 32.2. The fourth-order valence-electron chi connectivity index (χ4n) is 1.96. The van der Waals surface area contributed by atoms with Crippen molar-refractivity contribution in [3.8, 4) is 0 Å². The standard InChI is InChI=1S/C11H17N5O2S/c1-8-11(9(2)16(3)15-8)19(17,18)14-5-4-10-6-12-7-13-10/h6-7,14H,4-5H2,1-3H3,(H,12,13). The van der Waals surface area contributed by atoms with E-state index in [4.69, 9.17) is 0 Å². The molecule has 8 heteroatoms. The molecule has 104 valence electrons. The molecule has 0 unspecified atom stereocenters. The summed E-state index contributed by atoms with van der Waals surface area (Å²) >= 11 is 0. The van der Waals surface area contributed by atoms with E-state index in [-0.39, 0.29) is 4.90 Å². The number of hydrogen-bond donors (Lipinski definition) is 2. The van der Waals surface area contributed by atoms with E-state index < -0.39 is 10.0 Å². The van der Waals surface area contributed by atoms with Crippen LogP contribution in [-0.2, 0) is 23.5 Å². The Morgan fingerprint density at radius 3 is 2.68 bits per heavy atom. The molecule has 0 fully saturated rings. The highest BCUT2D eigenvalue weighted by Crippen LogP contribution is 2.17. The van der Waals surface area contributed by atoms with E-state index >= 15 is 0 Å². The van der Waals surface area contributed by atoms with E-state index in [0.29, 0.717) is 24.4 Å². The summed E-state index contributed by atoms with van der Waals surface area (Å²) in [6.07, 6.45) is 3.81. The number of aromatic amines is 1. The van der Waals surface area contributed by atoms with Gasteiger partial charge in [0.1, 0.15) is 4.90 Å².